The Bertz CT molecular complexity index is 1230. The van der Waals surface area contributed by atoms with Gasteiger partial charge in [0, 0.05) is 29.8 Å². The number of rotatable bonds is 13. The van der Waals surface area contributed by atoms with Crippen LogP contribution in [0, 0.1) is 17.2 Å². The quantitative estimate of drug-likeness (QED) is 0.142. The number of carbonyl (C=O) groups excluding carboxylic acids is 2. The topological polar surface area (TPSA) is 79.2 Å². The van der Waals surface area contributed by atoms with Crippen LogP contribution >= 0.6 is 0 Å². The third kappa shape index (κ3) is 9.40. The maximum atomic E-state index is 13.7. The fraction of sp³-hybridized carbons (Fsp3) is 0.541. The van der Waals surface area contributed by atoms with Gasteiger partial charge in [-0.05, 0) is 97.8 Å². The molecule has 1 atom stereocenters. The number of para-hydroxylation sites is 1. The van der Waals surface area contributed by atoms with E-state index in [1.54, 1.807) is 6.92 Å². The Labute approximate surface area is 254 Å². The predicted molar refractivity (Wildman–Crippen MR) is 174 cm³/mol. The molecule has 2 aromatic rings. The number of ether oxygens (including phenoxy) is 1. The number of carbonyl (C=O) groups is 2. The standard InChI is InChI=1S/C37H52N2O3/c1-24(2)32(34(22-27(6)38)37(41)39-35-11-9-8-10-33(35)25(3)4)21-12-26(5)29-17-19-31(20-18-29)30-15-13-28(14-16-30)23-36(40)42-7/h8-11,17-20,24-26,28,30,38H,12-16,21-23H2,1-7H3,(H,39,41)/b34-32+,38-27?. The molecule has 1 unspecified atom stereocenters. The molecule has 0 saturated heterocycles. The second-order valence-electron chi connectivity index (χ2n) is 12.9. The number of methoxy groups -OCH3 is 1. The number of esters is 1. The van der Waals surface area contributed by atoms with Crippen molar-refractivity contribution in [2.45, 2.75) is 111 Å². The molecule has 0 aromatic heterocycles. The van der Waals surface area contributed by atoms with Crippen molar-refractivity contribution in [3.05, 3.63) is 76.4 Å². The Morgan fingerprint density at radius 1 is 0.952 bits per heavy atom. The van der Waals surface area contributed by atoms with Gasteiger partial charge in [-0.2, -0.15) is 0 Å². The molecule has 42 heavy (non-hydrogen) atoms. The Morgan fingerprint density at radius 3 is 2.17 bits per heavy atom. The average Bonchev–Trinajstić information content (AvgIpc) is 2.96. The summed E-state index contributed by atoms with van der Waals surface area (Å²) in [6, 6.07) is 17.1. The van der Waals surface area contributed by atoms with Crippen molar-refractivity contribution in [1.82, 2.24) is 0 Å². The maximum Gasteiger partial charge on any atom is 0.305 e. The van der Waals surface area contributed by atoms with E-state index < -0.39 is 0 Å². The lowest BCUT2D eigenvalue weighted by Gasteiger charge is -2.28. The minimum atomic E-state index is -0.0931. The molecule has 1 fully saturated rings. The van der Waals surface area contributed by atoms with Crippen molar-refractivity contribution in [3.8, 4) is 0 Å². The number of hydrogen-bond acceptors (Lipinski definition) is 4. The van der Waals surface area contributed by atoms with E-state index in [9.17, 15) is 9.59 Å². The fourth-order valence-electron chi connectivity index (χ4n) is 6.36. The summed E-state index contributed by atoms with van der Waals surface area (Å²) in [5.74, 6) is 1.71. The molecule has 5 heteroatoms. The fourth-order valence-corrected chi connectivity index (χ4v) is 6.36. The van der Waals surface area contributed by atoms with Crippen LogP contribution in [0.2, 0.25) is 0 Å². The van der Waals surface area contributed by atoms with Gasteiger partial charge in [-0.3, -0.25) is 9.59 Å². The first-order valence-electron chi connectivity index (χ1n) is 15.8. The zero-order chi connectivity index (χ0) is 30.8. The van der Waals surface area contributed by atoms with Gasteiger partial charge in [0.15, 0.2) is 0 Å². The number of allylic oxidation sites excluding steroid dienone is 1. The van der Waals surface area contributed by atoms with Gasteiger partial charge < -0.3 is 15.5 Å². The van der Waals surface area contributed by atoms with Crippen molar-refractivity contribution in [3.63, 3.8) is 0 Å². The highest BCUT2D eigenvalue weighted by atomic mass is 16.5. The lowest BCUT2D eigenvalue weighted by molar-refractivity contribution is -0.142. The number of hydrogen-bond donors (Lipinski definition) is 2. The predicted octanol–water partition coefficient (Wildman–Crippen LogP) is 9.55. The highest BCUT2D eigenvalue weighted by molar-refractivity contribution is 6.07. The van der Waals surface area contributed by atoms with Gasteiger partial charge in [0.2, 0.25) is 0 Å². The van der Waals surface area contributed by atoms with E-state index in [0.717, 1.165) is 60.9 Å². The van der Waals surface area contributed by atoms with Crippen molar-refractivity contribution >= 4 is 23.3 Å². The minimum absolute atomic E-state index is 0.0864. The van der Waals surface area contributed by atoms with Gasteiger partial charge in [-0.15, -0.1) is 0 Å². The van der Waals surface area contributed by atoms with Crippen molar-refractivity contribution in [2.75, 3.05) is 12.4 Å². The van der Waals surface area contributed by atoms with E-state index >= 15 is 0 Å². The van der Waals surface area contributed by atoms with Crippen LogP contribution < -0.4 is 5.32 Å². The van der Waals surface area contributed by atoms with E-state index in [1.165, 1.54) is 18.2 Å². The summed E-state index contributed by atoms with van der Waals surface area (Å²) in [4.78, 5) is 25.3. The molecule has 1 saturated carbocycles. The van der Waals surface area contributed by atoms with Crippen LogP contribution in [0.5, 0.6) is 0 Å². The summed E-state index contributed by atoms with van der Waals surface area (Å²) in [7, 11) is 1.47. The summed E-state index contributed by atoms with van der Waals surface area (Å²) in [5.41, 5.74) is 7.07. The molecule has 1 amide bonds. The molecule has 1 aliphatic rings. The van der Waals surface area contributed by atoms with E-state index in [1.807, 2.05) is 18.2 Å². The Balaban J connectivity index is 1.69. The smallest absolute Gasteiger partial charge is 0.305 e. The Hall–Kier alpha value is -3.21. The van der Waals surface area contributed by atoms with E-state index in [2.05, 4.69) is 70.3 Å². The monoisotopic (exact) mass is 572 g/mol. The normalized spacial score (nSPS) is 18.4. The van der Waals surface area contributed by atoms with Crippen molar-refractivity contribution in [2.24, 2.45) is 11.8 Å². The first-order valence-corrected chi connectivity index (χ1v) is 15.8. The summed E-state index contributed by atoms with van der Waals surface area (Å²) < 4.78 is 4.85. The highest BCUT2D eigenvalue weighted by Crippen LogP contribution is 2.38. The van der Waals surface area contributed by atoms with Crippen LogP contribution in [0.15, 0.2) is 59.7 Å². The van der Waals surface area contributed by atoms with Crippen LogP contribution in [-0.2, 0) is 14.3 Å². The van der Waals surface area contributed by atoms with Gasteiger partial charge in [-0.25, -0.2) is 0 Å². The molecule has 0 radical (unpaired) electrons. The molecule has 228 valence electrons. The first kappa shape index (κ1) is 33.3. The molecule has 3 rings (SSSR count). The SMILES string of the molecule is COC(=O)CC1CCC(c2ccc(C(C)CC/C(=C(/CC(C)=N)C(=O)Nc3ccccc3C(C)C)C(C)C)cc2)CC1. The minimum Gasteiger partial charge on any atom is -0.469 e. The van der Waals surface area contributed by atoms with E-state index in [4.69, 9.17) is 10.1 Å². The van der Waals surface area contributed by atoms with Gasteiger partial charge in [-0.1, -0.05) is 82.7 Å². The number of nitrogens with one attached hydrogen (secondary N) is 2. The van der Waals surface area contributed by atoms with Crippen LogP contribution in [0.4, 0.5) is 5.69 Å². The summed E-state index contributed by atoms with van der Waals surface area (Å²) in [6.07, 6.45) is 7.09. The largest absolute Gasteiger partial charge is 0.469 e. The molecule has 0 heterocycles. The molecule has 0 aliphatic heterocycles. The first-order chi connectivity index (χ1) is 20.0. The van der Waals surface area contributed by atoms with E-state index in [-0.39, 0.29) is 17.8 Å². The zero-order valence-corrected chi connectivity index (χ0v) is 26.9. The number of anilines is 1. The van der Waals surface area contributed by atoms with Crippen molar-refractivity contribution in [1.29, 1.82) is 5.41 Å². The molecular formula is C37H52N2O3. The Morgan fingerprint density at radius 2 is 1.60 bits per heavy atom. The van der Waals surface area contributed by atoms with Crippen LogP contribution in [0.3, 0.4) is 0 Å². The van der Waals surface area contributed by atoms with Crippen LogP contribution in [0.1, 0.15) is 127 Å². The lowest BCUT2D eigenvalue weighted by atomic mass is 9.77. The lowest BCUT2D eigenvalue weighted by Crippen LogP contribution is -2.20. The molecule has 5 nitrogen and oxygen atoms in total. The van der Waals surface area contributed by atoms with Gasteiger partial charge in [0.05, 0.1) is 7.11 Å². The number of benzene rings is 2. The van der Waals surface area contributed by atoms with E-state index in [0.29, 0.717) is 42.2 Å². The number of amides is 1. The summed E-state index contributed by atoms with van der Waals surface area (Å²) in [6.45, 7) is 12.6. The second-order valence-corrected chi connectivity index (χ2v) is 12.9. The molecule has 2 N–H and O–H groups in total. The molecule has 2 aromatic carbocycles. The molecule has 0 bridgehead atoms. The second kappa shape index (κ2) is 15.9. The van der Waals surface area contributed by atoms with Gasteiger partial charge in [0.1, 0.15) is 0 Å². The molecule has 1 aliphatic carbocycles. The highest BCUT2D eigenvalue weighted by Gasteiger charge is 2.25. The summed E-state index contributed by atoms with van der Waals surface area (Å²) >= 11 is 0. The van der Waals surface area contributed by atoms with Crippen LogP contribution in [0.25, 0.3) is 0 Å². The van der Waals surface area contributed by atoms with Crippen LogP contribution in [-0.4, -0.2) is 24.7 Å². The van der Waals surface area contributed by atoms with Gasteiger partial charge >= 0.3 is 5.97 Å². The average molecular weight is 573 g/mol. The third-order valence-corrected chi connectivity index (χ3v) is 8.98. The Kier molecular flexibility index (Phi) is 12.6. The van der Waals surface area contributed by atoms with Gasteiger partial charge in [0.25, 0.3) is 5.91 Å². The maximum absolute atomic E-state index is 13.7. The molecule has 0 spiro atoms. The molecular weight excluding hydrogens is 520 g/mol. The summed E-state index contributed by atoms with van der Waals surface area (Å²) in [5, 5.41) is 11.4. The zero-order valence-electron chi connectivity index (χ0n) is 26.9. The third-order valence-electron chi connectivity index (χ3n) is 8.98. The van der Waals surface area contributed by atoms with Crippen molar-refractivity contribution < 1.29 is 14.3 Å².